The molecule has 0 aliphatic heterocycles. The summed E-state index contributed by atoms with van der Waals surface area (Å²) in [5.74, 6) is 0.928. The largest absolute Gasteiger partial charge is 0.506 e. The van der Waals surface area contributed by atoms with E-state index < -0.39 is 0 Å². The van der Waals surface area contributed by atoms with E-state index in [4.69, 9.17) is 0 Å². The van der Waals surface area contributed by atoms with E-state index in [2.05, 4.69) is 9.98 Å². The molecule has 0 saturated carbocycles. The van der Waals surface area contributed by atoms with Crippen molar-refractivity contribution in [2.75, 3.05) is 0 Å². The van der Waals surface area contributed by atoms with Gasteiger partial charge in [0, 0.05) is 19.4 Å². The third-order valence-electron chi connectivity index (χ3n) is 2.31. The van der Waals surface area contributed by atoms with Crippen molar-refractivity contribution < 1.29 is 5.11 Å². The van der Waals surface area contributed by atoms with E-state index >= 15 is 0 Å². The Morgan fingerprint density at radius 3 is 2.94 bits per heavy atom. The molecule has 1 heterocycles. The molecule has 1 aromatic carbocycles. The molecule has 2 rings (SSSR count). The maximum absolute atomic E-state index is 9.59. The summed E-state index contributed by atoms with van der Waals surface area (Å²) in [6, 6.07) is 5.31. The van der Waals surface area contributed by atoms with Crippen LogP contribution in [-0.2, 0) is 7.05 Å². The Morgan fingerprint density at radius 1 is 1.44 bits per heavy atom. The Hall–Kier alpha value is -2.10. The van der Waals surface area contributed by atoms with Gasteiger partial charge in [0.05, 0.1) is 6.21 Å². The van der Waals surface area contributed by atoms with Crippen LogP contribution in [0.15, 0.2) is 35.6 Å². The van der Waals surface area contributed by atoms with Gasteiger partial charge in [0.25, 0.3) is 0 Å². The Morgan fingerprint density at radius 2 is 2.25 bits per heavy atom. The molecule has 0 fully saturated rings. The normalized spacial score (nSPS) is 11.1. The lowest BCUT2D eigenvalue weighted by Gasteiger charge is -1.99. The number of hydrogen-bond acceptors (Lipinski definition) is 3. The van der Waals surface area contributed by atoms with Gasteiger partial charge in [0.15, 0.2) is 5.82 Å². The van der Waals surface area contributed by atoms with Crippen molar-refractivity contribution >= 4 is 11.9 Å². The first kappa shape index (κ1) is 10.4. The molecular weight excluding hydrogens is 202 g/mol. The molecule has 0 saturated heterocycles. The highest BCUT2D eigenvalue weighted by atomic mass is 16.3. The van der Waals surface area contributed by atoms with E-state index in [1.54, 1.807) is 18.5 Å². The Balaban J connectivity index is 2.30. The highest BCUT2D eigenvalue weighted by molar-refractivity contribution is 5.78. The summed E-state index contributed by atoms with van der Waals surface area (Å²) < 4.78 is 1.86. The highest BCUT2D eigenvalue weighted by Gasteiger charge is 1.99. The van der Waals surface area contributed by atoms with Gasteiger partial charge in [0.1, 0.15) is 11.4 Å². The number of hydrogen-bond donors (Lipinski definition) is 1. The molecule has 0 amide bonds. The molecule has 4 nitrogen and oxygen atoms in total. The number of aryl methyl sites for hydroxylation is 2. The summed E-state index contributed by atoms with van der Waals surface area (Å²) in [5.41, 5.74) is 1.62. The zero-order chi connectivity index (χ0) is 11.5. The number of benzene rings is 1. The Bertz CT molecular complexity index is 529. The number of aromatic hydroxyl groups is 1. The van der Waals surface area contributed by atoms with Gasteiger partial charge in [-0.2, -0.15) is 0 Å². The summed E-state index contributed by atoms with van der Waals surface area (Å²) in [4.78, 5) is 8.33. The fourth-order valence-electron chi connectivity index (χ4n) is 1.37. The smallest absolute Gasteiger partial charge is 0.150 e. The van der Waals surface area contributed by atoms with E-state index in [0.717, 1.165) is 11.4 Å². The van der Waals surface area contributed by atoms with Gasteiger partial charge >= 0.3 is 0 Å². The lowest BCUT2D eigenvalue weighted by molar-refractivity contribution is 0.477. The van der Waals surface area contributed by atoms with Crippen LogP contribution in [0.2, 0.25) is 0 Å². The SMILES string of the molecule is Cc1ccc(O)c(N=Cc2nccn2C)c1. The van der Waals surface area contributed by atoms with Gasteiger partial charge < -0.3 is 9.67 Å². The van der Waals surface area contributed by atoms with Crippen molar-refractivity contribution in [3.8, 4) is 5.75 Å². The van der Waals surface area contributed by atoms with Crippen LogP contribution in [0.1, 0.15) is 11.4 Å². The van der Waals surface area contributed by atoms with Crippen LogP contribution in [0.3, 0.4) is 0 Å². The zero-order valence-corrected chi connectivity index (χ0v) is 9.25. The summed E-state index contributed by atoms with van der Waals surface area (Å²) in [6.45, 7) is 1.96. The Labute approximate surface area is 93.9 Å². The molecule has 0 aliphatic rings. The molecule has 16 heavy (non-hydrogen) atoms. The second-order valence-corrected chi connectivity index (χ2v) is 3.65. The van der Waals surface area contributed by atoms with Gasteiger partial charge in [-0.1, -0.05) is 6.07 Å². The van der Waals surface area contributed by atoms with Crippen molar-refractivity contribution in [2.45, 2.75) is 6.92 Å². The number of rotatable bonds is 2. The molecule has 0 spiro atoms. The minimum absolute atomic E-state index is 0.177. The molecule has 0 unspecified atom stereocenters. The molecule has 1 aromatic heterocycles. The number of aliphatic imine (C=N–C) groups is 1. The highest BCUT2D eigenvalue weighted by Crippen LogP contribution is 2.26. The zero-order valence-electron chi connectivity index (χ0n) is 9.25. The molecule has 0 bridgehead atoms. The van der Waals surface area contributed by atoms with Crippen molar-refractivity contribution in [3.63, 3.8) is 0 Å². The first-order valence-corrected chi connectivity index (χ1v) is 4.98. The van der Waals surface area contributed by atoms with E-state index in [-0.39, 0.29) is 5.75 Å². The van der Waals surface area contributed by atoms with Gasteiger partial charge in [-0.25, -0.2) is 9.98 Å². The van der Waals surface area contributed by atoms with E-state index in [1.165, 1.54) is 0 Å². The first-order chi connectivity index (χ1) is 7.66. The van der Waals surface area contributed by atoms with Crippen LogP contribution in [0.5, 0.6) is 5.75 Å². The summed E-state index contributed by atoms with van der Waals surface area (Å²) in [6.07, 6.45) is 5.18. The second-order valence-electron chi connectivity index (χ2n) is 3.65. The average molecular weight is 215 g/mol. The first-order valence-electron chi connectivity index (χ1n) is 4.98. The van der Waals surface area contributed by atoms with Gasteiger partial charge in [-0.15, -0.1) is 0 Å². The number of phenolic OH excluding ortho intramolecular Hbond substituents is 1. The van der Waals surface area contributed by atoms with Crippen LogP contribution in [0, 0.1) is 6.92 Å². The predicted octanol–water partition coefficient (Wildman–Crippen LogP) is 2.18. The standard InChI is InChI=1S/C12H13N3O/c1-9-3-4-11(16)10(7-9)14-8-12-13-5-6-15(12)2/h3-8,16H,1-2H3. The van der Waals surface area contributed by atoms with E-state index in [9.17, 15) is 5.11 Å². The monoisotopic (exact) mass is 215 g/mol. The fourth-order valence-corrected chi connectivity index (χ4v) is 1.37. The van der Waals surface area contributed by atoms with Crippen LogP contribution in [0.25, 0.3) is 0 Å². The van der Waals surface area contributed by atoms with Crippen molar-refractivity contribution in [3.05, 3.63) is 42.0 Å². The van der Waals surface area contributed by atoms with Crippen LogP contribution in [-0.4, -0.2) is 20.9 Å². The topological polar surface area (TPSA) is 50.4 Å². The molecule has 0 radical (unpaired) electrons. The minimum Gasteiger partial charge on any atom is -0.506 e. The molecule has 0 aliphatic carbocycles. The number of aromatic nitrogens is 2. The Kier molecular flexibility index (Phi) is 2.72. The summed E-state index contributed by atoms with van der Waals surface area (Å²) in [5, 5.41) is 9.59. The van der Waals surface area contributed by atoms with Crippen molar-refractivity contribution in [2.24, 2.45) is 12.0 Å². The molecule has 0 atom stereocenters. The third kappa shape index (κ3) is 2.11. The summed E-state index contributed by atoms with van der Waals surface area (Å²) >= 11 is 0. The average Bonchev–Trinajstić information content (AvgIpc) is 2.66. The third-order valence-corrected chi connectivity index (χ3v) is 2.31. The van der Waals surface area contributed by atoms with Crippen molar-refractivity contribution in [1.82, 2.24) is 9.55 Å². The minimum atomic E-state index is 0.177. The lowest BCUT2D eigenvalue weighted by Crippen LogP contribution is -1.94. The fraction of sp³-hybridized carbons (Fsp3) is 0.167. The molecule has 2 aromatic rings. The predicted molar refractivity (Wildman–Crippen MR) is 63.3 cm³/mol. The second kappa shape index (κ2) is 4.18. The van der Waals surface area contributed by atoms with Crippen molar-refractivity contribution in [1.29, 1.82) is 0 Å². The maximum atomic E-state index is 9.59. The number of nitrogens with zero attached hydrogens (tertiary/aromatic N) is 3. The lowest BCUT2D eigenvalue weighted by atomic mass is 10.2. The molecule has 82 valence electrons. The molecule has 4 heteroatoms. The summed E-state index contributed by atoms with van der Waals surface area (Å²) in [7, 11) is 1.89. The van der Waals surface area contributed by atoms with Gasteiger partial charge in [0.2, 0.25) is 0 Å². The van der Waals surface area contributed by atoms with Crippen LogP contribution < -0.4 is 0 Å². The number of phenols is 1. The van der Waals surface area contributed by atoms with E-state index in [1.807, 2.05) is 36.9 Å². The van der Waals surface area contributed by atoms with Gasteiger partial charge in [-0.3, -0.25) is 0 Å². The molecular formula is C12H13N3O. The maximum Gasteiger partial charge on any atom is 0.150 e. The molecule has 1 N–H and O–H groups in total. The number of imidazole rings is 1. The van der Waals surface area contributed by atoms with E-state index in [0.29, 0.717) is 5.69 Å². The quantitative estimate of drug-likeness (QED) is 0.780. The van der Waals surface area contributed by atoms with Crippen LogP contribution >= 0.6 is 0 Å². The van der Waals surface area contributed by atoms with Crippen LogP contribution in [0.4, 0.5) is 5.69 Å². The van der Waals surface area contributed by atoms with Gasteiger partial charge in [-0.05, 0) is 24.6 Å².